The molecule has 1 unspecified atom stereocenters. The topological polar surface area (TPSA) is 0 Å². The van der Waals surface area contributed by atoms with Crippen LogP contribution in [0.1, 0.15) is 46.0 Å². The van der Waals surface area contributed by atoms with Crippen LogP contribution < -0.4 is 0 Å². The number of unbranched alkanes of at least 4 members (excludes halogenated alkanes) is 1. The zero-order valence-electron chi connectivity index (χ0n) is 8.56. The van der Waals surface area contributed by atoms with Crippen molar-refractivity contribution in [3.05, 3.63) is 0 Å². The van der Waals surface area contributed by atoms with E-state index in [1.807, 2.05) is 0 Å². The van der Waals surface area contributed by atoms with E-state index in [1.165, 1.54) is 32.1 Å². The van der Waals surface area contributed by atoms with Crippen LogP contribution in [-0.2, 0) is 0 Å². The maximum atomic E-state index is 2.50. The fourth-order valence-corrected chi connectivity index (χ4v) is 4.53. The summed E-state index contributed by atoms with van der Waals surface area (Å²) in [6.45, 7) is 4.61. The van der Waals surface area contributed by atoms with Crippen molar-refractivity contribution in [2.45, 2.75) is 62.1 Å². The van der Waals surface area contributed by atoms with Crippen LogP contribution in [0.4, 0.5) is 0 Å². The molecule has 0 spiro atoms. The van der Waals surface area contributed by atoms with E-state index >= 15 is 0 Å². The molecule has 1 heteroatoms. The van der Waals surface area contributed by atoms with Crippen molar-refractivity contribution in [3.63, 3.8) is 0 Å². The molecule has 0 aliphatic heterocycles. The predicted molar refractivity (Wildman–Crippen MR) is 55.7 cm³/mol. The molecule has 0 aromatic rings. The van der Waals surface area contributed by atoms with Crippen molar-refractivity contribution < 1.29 is 0 Å². The van der Waals surface area contributed by atoms with Gasteiger partial charge >= 0.3 is 76.7 Å². The van der Waals surface area contributed by atoms with Crippen LogP contribution in [0.2, 0.25) is 16.1 Å². The Morgan fingerprint density at radius 3 is 2.00 bits per heavy atom. The second kappa shape index (κ2) is 7.22. The van der Waals surface area contributed by atoms with Gasteiger partial charge in [0.25, 0.3) is 0 Å². The molecule has 0 N–H and O–H groups in total. The van der Waals surface area contributed by atoms with E-state index < -0.39 is 14.7 Å². The molecule has 0 bridgehead atoms. The monoisotopic (exact) mass is 218 g/mol. The van der Waals surface area contributed by atoms with E-state index in [2.05, 4.69) is 25.3 Å². The van der Waals surface area contributed by atoms with Gasteiger partial charge in [0, 0.05) is 0 Å². The SMILES string of the molecule is CCCCC(CCC)[As](C)C. The first-order chi connectivity index (χ1) is 5.22. The first kappa shape index (κ1) is 11.6. The van der Waals surface area contributed by atoms with Crippen molar-refractivity contribution in [1.29, 1.82) is 0 Å². The van der Waals surface area contributed by atoms with Gasteiger partial charge in [-0.25, -0.2) is 0 Å². The van der Waals surface area contributed by atoms with Gasteiger partial charge in [-0.15, -0.1) is 0 Å². The summed E-state index contributed by atoms with van der Waals surface area (Å²) in [6, 6.07) is 0. The normalized spacial score (nSPS) is 13.9. The van der Waals surface area contributed by atoms with Crippen LogP contribution in [0, 0.1) is 0 Å². The zero-order valence-corrected chi connectivity index (χ0v) is 10.4. The fraction of sp³-hybridized carbons (Fsp3) is 1.00. The summed E-state index contributed by atoms with van der Waals surface area (Å²) < 4.78 is 1.13. The average Bonchev–Trinajstić information content (AvgIpc) is 1.97. The molecule has 0 rings (SSSR count). The van der Waals surface area contributed by atoms with Gasteiger partial charge in [0.15, 0.2) is 0 Å². The van der Waals surface area contributed by atoms with Crippen molar-refractivity contribution in [1.82, 2.24) is 0 Å². The second-order valence-electron chi connectivity index (χ2n) is 3.55. The molecule has 0 radical (unpaired) electrons. The Bertz CT molecular complexity index is 78.9. The fourth-order valence-electron chi connectivity index (χ4n) is 1.43. The Hall–Kier alpha value is 0.558. The molecule has 0 aromatic heterocycles. The Balaban J connectivity index is 3.51. The third-order valence-electron chi connectivity index (χ3n) is 2.24. The molecule has 1 atom stereocenters. The standard InChI is InChI=1S/C10H23As/c1-5-7-9-10(8-6-2)11(3)4/h10H,5-9H2,1-4H3. The van der Waals surface area contributed by atoms with Gasteiger partial charge in [0.2, 0.25) is 0 Å². The molecule has 0 saturated heterocycles. The predicted octanol–water partition coefficient (Wildman–Crippen LogP) is 4.10. The van der Waals surface area contributed by atoms with E-state index in [0.29, 0.717) is 0 Å². The summed E-state index contributed by atoms with van der Waals surface area (Å²) in [5.74, 6) is 0. The summed E-state index contributed by atoms with van der Waals surface area (Å²) in [6.07, 6.45) is 7.23. The van der Waals surface area contributed by atoms with Crippen molar-refractivity contribution in [2.24, 2.45) is 0 Å². The van der Waals surface area contributed by atoms with Crippen LogP contribution >= 0.6 is 0 Å². The molecule has 11 heavy (non-hydrogen) atoms. The molecule has 0 nitrogen and oxygen atoms in total. The number of hydrogen-bond acceptors (Lipinski definition) is 0. The average molecular weight is 218 g/mol. The first-order valence-corrected chi connectivity index (χ1v) is 9.72. The molecule has 0 aliphatic rings. The summed E-state index contributed by atoms with van der Waals surface area (Å²) in [5, 5.41) is 0. The van der Waals surface area contributed by atoms with E-state index in [9.17, 15) is 0 Å². The molecular formula is C10H23As. The summed E-state index contributed by atoms with van der Waals surface area (Å²) in [4.78, 5) is 0. The molecule has 0 aliphatic carbocycles. The Morgan fingerprint density at radius 1 is 1.00 bits per heavy atom. The third-order valence-corrected chi connectivity index (χ3v) is 6.39. The molecular weight excluding hydrogens is 195 g/mol. The first-order valence-electron chi connectivity index (χ1n) is 4.88. The van der Waals surface area contributed by atoms with E-state index in [1.54, 1.807) is 0 Å². The van der Waals surface area contributed by atoms with Gasteiger partial charge in [-0.3, -0.25) is 0 Å². The minimum atomic E-state index is -0.396. The maximum absolute atomic E-state index is 2.50. The third kappa shape index (κ3) is 5.79. The van der Waals surface area contributed by atoms with Crippen molar-refractivity contribution >= 4 is 14.7 Å². The van der Waals surface area contributed by atoms with Crippen molar-refractivity contribution in [3.8, 4) is 0 Å². The van der Waals surface area contributed by atoms with Gasteiger partial charge in [-0.2, -0.15) is 0 Å². The van der Waals surface area contributed by atoms with Gasteiger partial charge < -0.3 is 0 Å². The Morgan fingerprint density at radius 2 is 1.64 bits per heavy atom. The molecule has 0 heterocycles. The van der Waals surface area contributed by atoms with E-state index in [4.69, 9.17) is 0 Å². The van der Waals surface area contributed by atoms with Crippen LogP contribution in [0.3, 0.4) is 0 Å². The van der Waals surface area contributed by atoms with E-state index in [-0.39, 0.29) is 0 Å². The molecule has 0 aromatic carbocycles. The van der Waals surface area contributed by atoms with Crippen LogP contribution in [0.5, 0.6) is 0 Å². The van der Waals surface area contributed by atoms with Gasteiger partial charge in [-0.1, -0.05) is 0 Å². The Kier molecular flexibility index (Phi) is 7.59. The van der Waals surface area contributed by atoms with Gasteiger partial charge in [0.1, 0.15) is 0 Å². The molecule has 68 valence electrons. The van der Waals surface area contributed by atoms with Crippen LogP contribution in [-0.4, -0.2) is 14.7 Å². The molecule has 0 saturated carbocycles. The number of hydrogen-bond donors (Lipinski definition) is 0. The quantitative estimate of drug-likeness (QED) is 0.589. The second-order valence-corrected chi connectivity index (χ2v) is 9.12. The zero-order chi connectivity index (χ0) is 8.69. The van der Waals surface area contributed by atoms with Crippen LogP contribution in [0.15, 0.2) is 0 Å². The van der Waals surface area contributed by atoms with Gasteiger partial charge in [0.05, 0.1) is 0 Å². The molecule has 0 fully saturated rings. The van der Waals surface area contributed by atoms with Gasteiger partial charge in [-0.05, 0) is 0 Å². The van der Waals surface area contributed by atoms with Crippen LogP contribution in [0.25, 0.3) is 0 Å². The molecule has 0 amide bonds. The number of rotatable bonds is 6. The Labute approximate surface area is 77.0 Å². The minimum absolute atomic E-state index is 0.396. The van der Waals surface area contributed by atoms with E-state index in [0.717, 1.165) is 4.71 Å². The summed E-state index contributed by atoms with van der Waals surface area (Å²) in [5.41, 5.74) is 5.01. The van der Waals surface area contributed by atoms with Crippen molar-refractivity contribution in [2.75, 3.05) is 0 Å². The summed E-state index contributed by atoms with van der Waals surface area (Å²) >= 11 is -0.396. The summed E-state index contributed by atoms with van der Waals surface area (Å²) in [7, 11) is 0.